The van der Waals surface area contributed by atoms with E-state index in [2.05, 4.69) is 62.5 Å². The number of quaternary nitrogens is 1. The van der Waals surface area contributed by atoms with Crippen LogP contribution in [0.25, 0.3) is 0 Å². The van der Waals surface area contributed by atoms with Gasteiger partial charge in [-0.1, -0.05) is 172 Å². The molecule has 8 nitrogen and oxygen atoms in total. The lowest BCUT2D eigenvalue weighted by molar-refractivity contribution is -0.887. The predicted molar refractivity (Wildman–Crippen MR) is 257 cm³/mol. The lowest BCUT2D eigenvalue weighted by Crippen LogP contribution is -2.50. The molecule has 2 atom stereocenters. The molecule has 0 aliphatic carbocycles. The van der Waals surface area contributed by atoms with Crippen molar-refractivity contribution in [2.75, 3.05) is 41.0 Å². The van der Waals surface area contributed by atoms with Crippen molar-refractivity contribution in [3.8, 4) is 0 Å². The van der Waals surface area contributed by atoms with Crippen LogP contribution in [0.4, 0.5) is 0 Å². The van der Waals surface area contributed by atoms with E-state index in [1.165, 1.54) is 135 Å². The summed E-state index contributed by atoms with van der Waals surface area (Å²) in [4.78, 5) is 37.1. The van der Waals surface area contributed by atoms with E-state index in [9.17, 15) is 19.5 Å². The summed E-state index contributed by atoms with van der Waals surface area (Å²) < 4.78 is 17.3. The van der Waals surface area contributed by atoms with Crippen LogP contribution < -0.4 is 0 Å². The normalized spacial score (nSPS) is 13.3. The van der Waals surface area contributed by atoms with E-state index in [4.69, 9.17) is 14.2 Å². The highest BCUT2D eigenvalue weighted by atomic mass is 16.6. The number of carboxylic acids is 1. The van der Waals surface area contributed by atoms with Gasteiger partial charge in [-0.25, -0.2) is 4.79 Å². The maximum atomic E-state index is 12.8. The van der Waals surface area contributed by atoms with Gasteiger partial charge in [0.15, 0.2) is 12.1 Å². The molecule has 0 aliphatic rings. The third kappa shape index (κ3) is 42.4. The monoisotopic (exact) mass is 859 g/mol. The zero-order chi connectivity index (χ0) is 44.9. The fourth-order valence-corrected chi connectivity index (χ4v) is 7.27. The summed E-state index contributed by atoms with van der Waals surface area (Å²) in [5.74, 6) is -1.47. The van der Waals surface area contributed by atoms with Gasteiger partial charge in [-0.3, -0.25) is 9.59 Å². The summed E-state index contributed by atoms with van der Waals surface area (Å²) >= 11 is 0. The first-order valence-electron chi connectivity index (χ1n) is 25.2. The average molecular weight is 859 g/mol. The second-order valence-electron chi connectivity index (χ2n) is 18.1. The molecule has 0 aromatic heterocycles. The first-order valence-corrected chi connectivity index (χ1v) is 25.2. The van der Waals surface area contributed by atoms with Crippen LogP contribution in [-0.2, 0) is 28.6 Å². The van der Waals surface area contributed by atoms with Crippen molar-refractivity contribution in [1.82, 2.24) is 0 Å². The molecule has 0 amide bonds. The van der Waals surface area contributed by atoms with Crippen LogP contribution >= 0.6 is 0 Å². The van der Waals surface area contributed by atoms with Crippen LogP contribution in [0.3, 0.4) is 0 Å². The maximum Gasteiger partial charge on any atom is 0.362 e. The Balaban J connectivity index is 4.24. The van der Waals surface area contributed by atoms with Gasteiger partial charge in [0.1, 0.15) is 6.61 Å². The number of hydrogen-bond acceptors (Lipinski definition) is 6. The van der Waals surface area contributed by atoms with Crippen molar-refractivity contribution in [2.24, 2.45) is 0 Å². The molecule has 2 unspecified atom stereocenters. The molecule has 0 bridgehead atoms. The van der Waals surface area contributed by atoms with E-state index in [1.54, 1.807) is 0 Å². The summed E-state index contributed by atoms with van der Waals surface area (Å²) in [6.07, 6.45) is 52.9. The van der Waals surface area contributed by atoms with E-state index >= 15 is 0 Å². The van der Waals surface area contributed by atoms with Crippen LogP contribution in [0, 0.1) is 0 Å². The number of carboxylic acid groups (broad SMARTS) is 1. The number of allylic oxidation sites excluding steroid dienone is 8. The van der Waals surface area contributed by atoms with E-state index in [0.29, 0.717) is 19.3 Å². The van der Waals surface area contributed by atoms with Crippen molar-refractivity contribution in [1.29, 1.82) is 0 Å². The quantitative estimate of drug-likeness (QED) is 0.0282. The summed E-state index contributed by atoms with van der Waals surface area (Å²) in [5, 5.41) is 9.64. The molecule has 0 aliphatic heterocycles. The van der Waals surface area contributed by atoms with Gasteiger partial charge in [0.25, 0.3) is 0 Å². The number of esters is 2. The molecule has 0 heterocycles. The molecule has 0 radical (unpaired) electrons. The van der Waals surface area contributed by atoms with Crippen LogP contribution in [-0.4, -0.2) is 80.6 Å². The standard InChI is InChI=1S/C53H95NO7/c1-6-8-10-12-14-16-18-20-22-23-24-25-26-27-28-30-31-33-35-37-39-41-43-51(55)60-48-49(47-59-46-45-50(53(57)58)54(3,4)5)61-52(56)44-42-40-38-36-34-32-29-21-19-17-15-13-11-9-7-2/h14,16-17,19-20,22,24-25,49-50H,6-13,15,18,21,23,26-48H2,1-5H3/p+1/b16-14+,19-17+,22-20+,25-24+. The van der Waals surface area contributed by atoms with Crippen molar-refractivity contribution < 1.29 is 38.2 Å². The minimum atomic E-state index is -0.876. The third-order valence-electron chi connectivity index (χ3n) is 11.2. The molecular formula is C53H96NO7+. The van der Waals surface area contributed by atoms with Gasteiger partial charge in [-0.05, 0) is 77.0 Å². The molecular weight excluding hydrogens is 763 g/mol. The number of likely N-dealkylation sites (N-methyl/N-ethyl adjacent to an activating group) is 1. The van der Waals surface area contributed by atoms with Gasteiger partial charge in [0.2, 0.25) is 0 Å². The molecule has 0 saturated heterocycles. The highest BCUT2D eigenvalue weighted by Crippen LogP contribution is 2.15. The van der Waals surface area contributed by atoms with Gasteiger partial charge >= 0.3 is 17.9 Å². The first kappa shape index (κ1) is 58.3. The molecule has 0 saturated carbocycles. The largest absolute Gasteiger partial charge is 0.477 e. The van der Waals surface area contributed by atoms with Crippen LogP contribution in [0.5, 0.6) is 0 Å². The highest BCUT2D eigenvalue weighted by Gasteiger charge is 2.31. The molecule has 61 heavy (non-hydrogen) atoms. The lowest BCUT2D eigenvalue weighted by atomic mass is 10.1. The number of aliphatic carboxylic acids is 1. The zero-order valence-corrected chi connectivity index (χ0v) is 40.4. The predicted octanol–water partition coefficient (Wildman–Crippen LogP) is 14.4. The number of unbranched alkanes of at least 4 members (excludes halogenated alkanes) is 23. The SMILES string of the molecule is CCCCC/C=C/C/C=C/C/C=C/CCCCCCCCCCCC(=O)OCC(COCCC(C(=O)O)[N+](C)(C)C)OC(=O)CCCCCCCCC/C=C/CCCCCC. The summed E-state index contributed by atoms with van der Waals surface area (Å²) in [6, 6.07) is -0.617. The van der Waals surface area contributed by atoms with Gasteiger partial charge < -0.3 is 23.8 Å². The minimum Gasteiger partial charge on any atom is -0.477 e. The molecule has 0 spiro atoms. The molecule has 0 aromatic carbocycles. The summed E-state index contributed by atoms with van der Waals surface area (Å²) in [6.45, 7) is 4.70. The van der Waals surface area contributed by atoms with Crippen molar-refractivity contribution >= 4 is 17.9 Å². The Morgan fingerprint density at radius 3 is 1.33 bits per heavy atom. The van der Waals surface area contributed by atoms with Gasteiger partial charge in [0.05, 0.1) is 34.4 Å². The third-order valence-corrected chi connectivity index (χ3v) is 11.2. The fraction of sp³-hybridized carbons (Fsp3) is 0.792. The smallest absolute Gasteiger partial charge is 0.362 e. The molecule has 0 fully saturated rings. The Morgan fingerprint density at radius 1 is 0.492 bits per heavy atom. The summed E-state index contributed by atoms with van der Waals surface area (Å²) in [5.41, 5.74) is 0. The zero-order valence-electron chi connectivity index (χ0n) is 40.4. The first-order chi connectivity index (χ1) is 29.6. The Labute approximate surface area is 376 Å². The van der Waals surface area contributed by atoms with E-state index in [-0.39, 0.29) is 36.2 Å². The second-order valence-corrected chi connectivity index (χ2v) is 18.1. The number of carbonyl (C=O) groups is 3. The number of hydrogen-bond donors (Lipinski definition) is 1. The van der Waals surface area contributed by atoms with Gasteiger partial charge in [-0.2, -0.15) is 0 Å². The molecule has 0 rings (SSSR count). The van der Waals surface area contributed by atoms with Crippen LogP contribution in [0.15, 0.2) is 48.6 Å². The molecule has 1 N–H and O–H groups in total. The maximum absolute atomic E-state index is 12.8. The van der Waals surface area contributed by atoms with Crippen molar-refractivity contribution in [3.63, 3.8) is 0 Å². The van der Waals surface area contributed by atoms with Gasteiger partial charge in [-0.15, -0.1) is 0 Å². The minimum absolute atomic E-state index is 0.0553. The molecule has 354 valence electrons. The van der Waals surface area contributed by atoms with E-state index in [1.807, 2.05) is 21.1 Å². The van der Waals surface area contributed by atoms with Gasteiger partial charge in [0, 0.05) is 19.3 Å². The van der Waals surface area contributed by atoms with Crippen molar-refractivity contribution in [2.45, 2.75) is 231 Å². The number of ether oxygens (including phenoxy) is 3. The molecule has 8 heteroatoms. The Kier molecular flexibility index (Phi) is 42.0. The summed E-state index contributed by atoms with van der Waals surface area (Å²) in [7, 11) is 5.53. The Hall–Kier alpha value is -2.71. The van der Waals surface area contributed by atoms with Crippen molar-refractivity contribution in [3.05, 3.63) is 48.6 Å². The topological polar surface area (TPSA) is 99.1 Å². The average Bonchev–Trinajstić information content (AvgIpc) is 3.22. The Bertz CT molecular complexity index is 1140. The number of carbonyl (C=O) groups excluding carboxylic acids is 2. The second kappa shape index (κ2) is 43.9. The molecule has 0 aromatic rings. The van der Waals surface area contributed by atoms with Crippen LogP contribution in [0.2, 0.25) is 0 Å². The number of nitrogens with zero attached hydrogens (tertiary/aromatic N) is 1. The van der Waals surface area contributed by atoms with E-state index in [0.717, 1.165) is 51.4 Å². The Morgan fingerprint density at radius 2 is 0.869 bits per heavy atom. The van der Waals surface area contributed by atoms with E-state index < -0.39 is 18.1 Å². The highest BCUT2D eigenvalue weighted by molar-refractivity contribution is 5.72. The van der Waals surface area contributed by atoms with Crippen LogP contribution in [0.1, 0.15) is 219 Å². The number of rotatable bonds is 45. The lowest BCUT2D eigenvalue weighted by Gasteiger charge is -2.31. The fourth-order valence-electron chi connectivity index (χ4n) is 7.27.